The van der Waals surface area contributed by atoms with Crippen molar-refractivity contribution in [3.05, 3.63) is 77.6 Å². The van der Waals surface area contributed by atoms with Crippen molar-refractivity contribution < 1.29 is 17.9 Å². The van der Waals surface area contributed by atoms with Gasteiger partial charge in [-0.15, -0.1) is 0 Å². The number of aryl methyl sites for hydroxylation is 1. The smallest absolute Gasteiger partial charge is 0.238 e. The summed E-state index contributed by atoms with van der Waals surface area (Å²) in [5.41, 5.74) is 3.39. The topological polar surface area (TPSA) is 91.4 Å². The number of ketones is 1. The van der Waals surface area contributed by atoms with Crippen LogP contribution in [0.25, 0.3) is 5.69 Å². The zero-order valence-electron chi connectivity index (χ0n) is 18.5. The molecule has 0 aliphatic carbocycles. The fourth-order valence-electron chi connectivity index (χ4n) is 4.13. The van der Waals surface area contributed by atoms with Gasteiger partial charge < -0.3 is 9.30 Å². The molecule has 2 aromatic carbocycles. The van der Waals surface area contributed by atoms with Crippen molar-refractivity contribution in [1.82, 2.24) is 4.57 Å². The highest BCUT2D eigenvalue weighted by molar-refractivity contribution is 7.89. The quantitative estimate of drug-likeness (QED) is 0.565. The molecule has 1 atom stereocenters. The summed E-state index contributed by atoms with van der Waals surface area (Å²) < 4.78 is 31.0. The summed E-state index contributed by atoms with van der Waals surface area (Å²) in [7, 11) is -3.74. The van der Waals surface area contributed by atoms with Crippen LogP contribution in [0.1, 0.15) is 48.8 Å². The highest BCUT2D eigenvalue weighted by Crippen LogP contribution is 2.34. The first-order valence-corrected chi connectivity index (χ1v) is 12.2. The number of ether oxygens (including phenoxy) is 1. The van der Waals surface area contributed by atoms with E-state index in [4.69, 9.17) is 9.88 Å². The average Bonchev–Trinajstić information content (AvgIpc) is 3.19. The first-order chi connectivity index (χ1) is 15.0. The molecule has 1 aromatic heterocycles. The van der Waals surface area contributed by atoms with Gasteiger partial charge in [0.05, 0.1) is 4.90 Å². The Kier molecular flexibility index (Phi) is 5.73. The van der Waals surface area contributed by atoms with E-state index in [1.165, 1.54) is 12.1 Å². The normalized spacial score (nSPS) is 16.1. The zero-order chi connectivity index (χ0) is 23.1. The van der Waals surface area contributed by atoms with E-state index in [1.807, 2.05) is 48.0 Å². The average molecular weight is 453 g/mol. The fourth-order valence-corrected chi connectivity index (χ4v) is 4.65. The van der Waals surface area contributed by atoms with Crippen molar-refractivity contribution in [3.63, 3.8) is 0 Å². The Hall–Kier alpha value is -2.90. The van der Waals surface area contributed by atoms with E-state index in [0.29, 0.717) is 12.0 Å². The molecule has 2 heterocycles. The third kappa shape index (κ3) is 4.64. The van der Waals surface area contributed by atoms with E-state index >= 15 is 0 Å². The van der Waals surface area contributed by atoms with Crippen molar-refractivity contribution >= 4 is 15.8 Å². The van der Waals surface area contributed by atoms with Gasteiger partial charge in [-0.3, -0.25) is 4.79 Å². The molecule has 1 aliphatic rings. The van der Waals surface area contributed by atoms with Crippen LogP contribution in [0.2, 0.25) is 0 Å². The van der Waals surface area contributed by atoms with Crippen molar-refractivity contribution in [2.24, 2.45) is 11.1 Å². The molecule has 1 unspecified atom stereocenters. The number of sulfonamides is 1. The van der Waals surface area contributed by atoms with Crippen LogP contribution in [0.15, 0.2) is 65.7 Å². The number of hydrogen-bond donors (Lipinski definition) is 1. The number of carbonyl (C=O) groups is 1. The van der Waals surface area contributed by atoms with Gasteiger partial charge in [0.2, 0.25) is 10.0 Å². The highest BCUT2D eigenvalue weighted by Gasteiger charge is 2.27. The molecule has 6 nitrogen and oxygen atoms in total. The summed E-state index contributed by atoms with van der Waals surface area (Å²) in [4.78, 5) is 13.2. The van der Waals surface area contributed by atoms with Crippen LogP contribution in [0.5, 0.6) is 5.75 Å². The Morgan fingerprint density at radius 1 is 1.16 bits per heavy atom. The number of rotatable bonds is 6. The van der Waals surface area contributed by atoms with Crippen LogP contribution in [-0.4, -0.2) is 24.4 Å². The summed E-state index contributed by atoms with van der Waals surface area (Å²) >= 11 is 0. The number of carbonyl (C=O) groups excluding carboxylic acids is 1. The van der Waals surface area contributed by atoms with Crippen LogP contribution in [0, 0.1) is 5.92 Å². The lowest BCUT2D eigenvalue weighted by Gasteiger charge is -2.32. The molecule has 3 aromatic rings. The van der Waals surface area contributed by atoms with Gasteiger partial charge in [-0.25, -0.2) is 13.6 Å². The number of fused-ring (bicyclic) bond motifs is 1. The van der Waals surface area contributed by atoms with Gasteiger partial charge >= 0.3 is 0 Å². The minimum absolute atomic E-state index is 0.0679. The van der Waals surface area contributed by atoms with E-state index in [2.05, 4.69) is 13.8 Å². The first kappa shape index (κ1) is 22.3. The van der Waals surface area contributed by atoms with Crippen LogP contribution in [-0.2, 0) is 22.9 Å². The van der Waals surface area contributed by atoms with Crippen LogP contribution >= 0.6 is 0 Å². The van der Waals surface area contributed by atoms with Crippen molar-refractivity contribution in [2.75, 3.05) is 0 Å². The molecule has 0 bridgehead atoms. The monoisotopic (exact) mass is 452 g/mol. The van der Waals surface area contributed by atoms with E-state index < -0.39 is 10.0 Å². The summed E-state index contributed by atoms with van der Waals surface area (Å²) in [6, 6.07) is 16.0. The second-order valence-electron chi connectivity index (χ2n) is 9.06. The molecule has 0 spiro atoms. The molecule has 168 valence electrons. The van der Waals surface area contributed by atoms with E-state index in [-0.39, 0.29) is 22.2 Å². The lowest BCUT2D eigenvalue weighted by molar-refractivity contribution is 0.0844. The number of primary sulfonamides is 1. The second kappa shape index (κ2) is 8.22. The molecule has 0 fully saturated rings. The maximum atomic E-state index is 13.2. The Balaban J connectivity index is 1.51. The predicted octanol–water partition coefficient (Wildman–Crippen LogP) is 4.29. The van der Waals surface area contributed by atoms with Crippen LogP contribution in [0.3, 0.4) is 0 Å². The first-order valence-electron chi connectivity index (χ1n) is 10.7. The van der Waals surface area contributed by atoms with Gasteiger partial charge in [0.25, 0.3) is 0 Å². The molecular weight excluding hydrogens is 424 g/mol. The lowest BCUT2D eigenvalue weighted by Crippen LogP contribution is -2.32. The van der Waals surface area contributed by atoms with E-state index in [9.17, 15) is 13.2 Å². The highest BCUT2D eigenvalue weighted by atomic mass is 32.2. The summed E-state index contributed by atoms with van der Waals surface area (Å²) in [6.07, 6.45) is 4.28. The number of nitrogens with two attached hydrogens (primary N) is 1. The lowest BCUT2D eigenvalue weighted by atomic mass is 9.90. The molecule has 4 rings (SSSR count). The predicted molar refractivity (Wildman–Crippen MR) is 124 cm³/mol. The molecule has 1 aliphatic heterocycles. The third-order valence-corrected chi connectivity index (χ3v) is 6.90. The molecule has 0 amide bonds. The van der Waals surface area contributed by atoms with Gasteiger partial charge in [-0.05, 0) is 93.3 Å². The SMILES string of the molecule is CC(Cc1cccn1-c1ccc(S(N)(=O)=O)cc1)C(=O)c1ccc2c(c1)CCC(C)(C)O2. The molecule has 7 heteroatoms. The number of aromatic nitrogens is 1. The summed E-state index contributed by atoms with van der Waals surface area (Å²) in [5, 5.41) is 5.19. The van der Waals surface area contributed by atoms with Gasteiger partial charge in [-0.1, -0.05) is 6.92 Å². The Morgan fingerprint density at radius 2 is 1.88 bits per heavy atom. The summed E-state index contributed by atoms with van der Waals surface area (Å²) in [5.74, 6) is 0.739. The zero-order valence-corrected chi connectivity index (χ0v) is 19.4. The van der Waals surface area contributed by atoms with Gasteiger partial charge in [-0.2, -0.15) is 0 Å². The van der Waals surface area contributed by atoms with Crippen LogP contribution in [0.4, 0.5) is 0 Å². The van der Waals surface area contributed by atoms with Crippen molar-refractivity contribution in [1.29, 1.82) is 0 Å². The molecule has 2 N–H and O–H groups in total. The van der Waals surface area contributed by atoms with Crippen LogP contribution < -0.4 is 9.88 Å². The summed E-state index contributed by atoms with van der Waals surface area (Å²) in [6.45, 7) is 6.09. The van der Waals surface area contributed by atoms with Gasteiger partial charge in [0.1, 0.15) is 11.4 Å². The van der Waals surface area contributed by atoms with E-state index in [1.54, 1.807) is 12.1 Å². The Labute approximate surface area is 189 Å². The number of nitrogens with zero attached hydrogens (tertiary/aromatic N) is 1. The second-order valence-corrected chi connectivity index (χ2v) is 10.6. The fraction of sp³-hybridized carbons (Fsp3) is 0.320. The molecule has 0 radical (unpaired) electrons. The van der Waals surface area contributed by atoms with E-state index in [0.717, 1.165) is 35.5 Å². The number of benzene rings is 2. The van der Waals surface area contributed by atoms with Gasteiger partial charge in [0.15, 0.2) is 5.78 Å². The number of Topliss-reactive ketones (excluding diaryl/α,β-unsaturated/α-hetero) is 1. The number of hydrogen-bond acceptors (Lipinski definition) is 4. The minimum atomic E-state index is -3.74. The maximum Gasteiger partial charge on any atom is 0.238 e. The Morgan fingerprint density at radius 3 is 2.56 bits per heavy atom. The Bertz CT molecular complexity index is 1260. The van der Waals surface area contributed by atoms with Crippen molar-refractivity contribution in [3.8, 4) is 11.4 Å². The molecular formula is C25H28N2O4S. The molecule has 0 saturated carbocycles. The minimum Gasteiger partial charge on any atom is -0.488 e. The largest absolute Gasteiger partial charge is 0.488 e. The third-order valence-electron chi connectivity index (χ3n) is 5.97. The van der Waals surface area contributed by atoms with Crippen molar-refractivity contribution in [2.45, 2.75) is 50.5 Å². The standard InChI is InChI=1S/C25H28N2O4S/c1-17(24(28)19-6-11-23-18(16-19)12-13-25(2,3)31-23)15-21-5-4-14-27(21)20-7-9-22(10-8-20)32(26,29)30/h4-11,14,16-17H,12-13,15H2,1-3H3,(H2,26,29,30). The molecule has 32 heavy (non-hydrogen) atoms. The van der Waals surface area contributed by atoms with Gasteiger partial charge in [0, 0.05) is 29.1 Å². The molecule has 0 saturated heterocycles. The maximum absolute atomic E-state index is 13.2.